The molecule has 5 heteroatoms. The molecule has 0 spiro atoms. The van der Waals surface area contributed by atoms with Crippen LogP contribution in [0.1, 0.15) is 38.8 Å². The summed E-state index contributed by atoms with van der Waals surface area (Å²) in [6.45, 7) is 6.74. The van der Waals surface area contributed by atoms with Crippen molar-refractivity contribution in [2.45, 2.75) is 38.8 Å². The zero-order chi connectivity index (χ0) is 15.2. The number of nitrogens with one attached hydrogen (secondary N) is 1. The van der Waals surface area contributed by atoms with Crippen LogP contribution in [0.5, 0.6) is 11.5 Å². The number of hydrazine groups is 1. The second-order valence-electron chi connectivity index (χ2n) is 4.84. The maximum atomic E-state index is 5.91. The van der Waals surface area contributed by atoms with E-state index in [1.54, 1.807) is 14.2 Å². The first-order valence-electron chi connectivity index (χ1n) is 6.87. The number of methoxy groups -OCH3 is 2. The van der Waals surface area contributed by atoms with Gasteiger partial charge in [-0.2, -0.15) is 0 Å². The molecule has 0 aliphatic rings. The average molecular weight is 282 g/mol. The van der Waals surface area contributed by atoms with Crippen LogP contribution < -0.4 is 20.7 Å². The Kier molecular flexibility index (Phi) is 6.26. The van der Waals surface area contributed by atoms with Gasteiger partial charge in [-0.1, -0.05) is 6.92 Å². The second kappa shape index (κ2) is 7.47. The highest BCUT2D eigenvalue weighted by Crippen LogP contribution is 2.35. The van der Waals surface area contributed by atoms with Crippen molar-refractivity contribution < 1.29 is 14.2 Å². The normalized spacial score (nSPS) is 15.5. The molecule has 3 N–H and O–H groups in total. The van der Waals surface area contributed by atoms with Gasteiger partial charge < -0.3 is 14.2 Å². The van der Waals surface area contributed by atoms with E-state index in [-0.39, 0.29) is 6.04 Å². The fraction of sp³-hybridized carbons (Fsp3) is 0.600. The van der Waals surface area contributed by atoms with E-state index in [9.17, 15) is 0 Å². The van der Waals surface area contributed by atoms with Crippen LogP contribution in [0.25, 0.3) is 0 Å². The van der Waals surface area contributed by atoms with Gasteiger partial charge in [-0.3, -0.25) is 11.3 Å². The van der Waals surface area contributed by atoms with Crippen LogP contribution in [0.15, 0.2) is 18.2 Å². The Hall–Kier alpha value is -1.30. The van der Waals surface area contributed by atoms with Gasteiger partial charge in [0.2, 0.25) is 0 Å². The zero-order valence-corrected chi connectivity index (χ0v) is 13.0. The van der Waals surface area contributed by atoms with Crippen molar-refractivity contribution in [3.8, 4) is 11.5 Å². The largest absolute Gasteiger partial charge is 0.497 e. The van der Waals surface area contributed by atoms with Crippen molar-refractivity contribution in [3.05, 3.63) is 23.8 Å². The molecule has 0 bridgehead atoms. The van der Waals surface area contributed by atoms with Crippen LogP contribution in [-0.2, 0) is 4.74 Å². The van der Waals surface area contributed by atoms with E-state index in [4.69, 9.17) is 20.1 Å². The molecule has 2 unspecified atom stereocenters. The van der Waals surface area contributed by atoms with E-state index < -0.39 is 5.60 Å². The monoisotopic (exact) mass is 282 g/mol. The number of benzene rings is 1. The maximum absolute atomic E-state index is 5.91. The lowest BCUT2D eigenvalue weighted by Gasteiger charge is -2.36. The van der Waals surface area contributed by atoms with E-state index in [1.807, 2.05) is 32.0 Å². The standard InChI is InChI=1S/C15H26N2O3/c1-6-15(3,20-7-2)14(17-16)11-8-12(18-4)10-13(9-11)19-5/h8-10,14,17H,6-7,16H2,1-5H3. The molecule has 114 valence electrons. The number of rotatable bonds is 8. The summed E-state index contributed by atoms with van der Waals surface area (Å²) >= 11 is 0. The first kappa shape index (κ1) is 16.8. The highest BCUT2D eigenvalue weighted by atomic mass is 16.5. The summed E-state index contributed by atoms with van der Waals surface area (Å²) in [4.78, 5) is 0. The topological polar surface area (TPSA) is 65.7 Å². The van der Waals surface area contributed by atoms with Crippen LogP contribution in [-0.4, -0.2) is 26.4 Å². The minimum absolute atomic E-state index is 0.156. The minimum Gasteiger partial charge on any atom is -0.497 e. The molecule has 0 fully saturated rings. The Labute approximate surface area is 121 Å². The fourth-order valence-corrected chi connectivity index (χ4v) is 2.34. The molecule has 20 heavy (non-hydrogen) atoms. The molecular formula is C15H26N2O3. The van der Waals surface area contributed by atoms with Crippen LogP contribution in [0.3, 0.4) is 0 Å². The molecule has 0 saturated carbocycles. The molecule has 0 aliphatic heterocycles. The molecular weight excluding hydrogens is 256 g/mol. The average Bonchev–Trinajstić information content (AvgIpc) is 2.47. The molecule has 2 atom stereocenters. The molecule has 0 aromatic heterocycles. The van der Waals surface area contributed by atoms with Gasteiger partial charge in [-0.15, -0.1) is 0 Å². The van der Waals surface area contributed by atoms with E-state index in [1.165, 1.54) is 0 Å². The van der Waals surface area contributed by atoms with Gasteiger partial charge in [-0.05, 0) is 38.0 Å². The summed E-state index contributed by atoms with van der Waals surface area (Å²) in [5.41, 5.74) is 3.43. The van der Waals surface area contributed by atoms with Crippen LogP contribution >= 0.6 is 0 Å². The van der Waals surface area contributed by atoms with Crippen molar-refractivity contribution in [1.82, 2.24) is 5.43 Å². The maximum Gasteiger partial charge on any atom is 0.122 e. The van der Waals surface area contributed by atoms with Gasteiger partial charge in [0.15, 0.2) is 0 Å². The van der Waals surface area contributed by atoms with E-state index in [0.29, 0.717) is 6.61 Å². The van der Waals surface area contributed by atoms with Crippen molar-refractivity contribution in [3.63, 3.8) is 0 Å². The summed E-state index contributed by atoms with van der Waals surface area (Å²) in [7, 11) is 3.26. The first-order valence-corrected chi connectivity index (χ1v) is 6.87. The molecule has 0 saturated heterocycles. The van der Waals surface area contributed by atoms with Crippen molar-refractivity contribution >= 4 is 0 Å². The third-order valence-electron chi connectivity index (χ3n) is 3.66. The Morgan fingerprint density at radius 2 is 1.70 bits per heavy atom. The third-order valence-corrected chi connectivity index (χ3v) is 3.66. The van der Waals surface area contributed by atoms with Crippen LogP contribution in [0.4, 0.5) is 0 Å². The summed E-state index contributed by atoms with van der Waals surface area (Å²) in [5, 5.41) is 0. The van der Waals surface area contributed by atoms with Crippen molar-refractivity contribution in [1.29, 1.82) is 0 Å². The fourth-order valence-electron chi connectivity index (χ4n) is 2.34. The molecule has 1 aromatic rings. The number of nitrogens with two attached hydrogens (primary N) is 1. The van der Waals surface area contributed by atoms with Gasteiger partial charge in [0.05, 0.1) is 25.9 Å². The lowest BCUT2D eigenvalue weighted by molar-refractivity contribution is -0.0564. The predicted molar refractivity (Wildman–Crippen MR) is 79.9 cm³/mol. The number of ether oxygens (including phenoxy) is 3. The molecule has 1 rings (SSSR count). The predicted octanol–water partition coefficient (Wildman–Crippen LogP) is 2.41. The SMILES string of the molecule is CCOC(C)(CC)C(NN)c1cc(OC)cc(OC)c1. The Bertz CT molecular complexity index is 403. The molecule has 0 aliphatic carbocycles. The van der Waals surface area contributed by atoms with E-state index in [2.05, 4.69) is 12.3 Å². The van der Waals surface area contributed by atoms with Gasteiger partial charge in [0.1, 0.15) is 11.5 Å². The smallest absolute Gasteiger partial charge is 0.122 e. The summed E-state index contributed by atoms with van der Waals surface area (Å²) in [6, 6.07) is 5.57. The van der Waals surface area contributed by atoms with Crippen LogP contribution in [0, 0.1) is 0 Å². The van der Waals surface area contributed by atoms with Gasteiger partial charge >= 0.3 is 0 Å². The van der Waals surface area contributed by atoms with Crippen LogP contribution in [0.2, 0.25) is 0 Å². The lowest BCUT2D eigenvalue weighted by Crippen LogP contribution is -2.46. The Balaban J connectivity index is 3.22. The molecule has 1 aromatic carbocycles. The number of hydrogen-bond acceptors (Lipinski definition) is 5. The molecule has 0 radical (unpaired) electrons. The molecule has 5 nitrogen and oxygen atoms in total. The Morgan fingerprint density at radius 1 is 1.15 bits per heavy atom. The van der Waals surface area contributed by atoms with Gasteiger partial charge in [0.25, 0.3) is 0 Å². The van der Waals surface area contributed by atoms with Gasteiger partial charge in [-0.25, -0.2) is 0 Å². The number of hydrogen-bond donors (Lipinski definition) is 2. The van der Waals surface area contributed by atoms with E-state index in [0.717, 1.165) is 23.5 Å². The lowest BCUT2D eigenvalue weighted by atomic mass is 9.88. The summed E-state index contributed by atoms with van der Waals surface area (Å²) in [6.07, 6.45) is 0.829. The Morgan fingerprint density at radius 3 is 2.05 bits per heavy atom. The highest BCUT2D eigenvalue weighted by Gasteiger charge is 2.34. The summed E-state index contributed by atoms with van der Waals surface area (Å²) < 4.78 is 16.5. The molecule has 0 heterocycles. The second-order valence-corrected chi connectivity index (χ2v) is 4.84. The highest BCUT2D eigenvalue weighted by molar-refractivity contribution is 5.40. The minimum atomic E-state index is -0.402. The quantitative estimate of drug-likeness (QED) is 0.566. The molecule has 0 amide bonds. The van der Waals surface area contributed by atoms with Crippen molar-refractivity contribution in [2.75, 3.05) is 20.8 Å². The van der Waals surface area contributed by atoms with E-state index >= 15 is 0 Å². The first-order chi connectivity index (χ1) is 9.54. The summed E-state index contributed by atoms with van der Waals surface area (Å²) in [5.74, 6) is 7.23. The van der Waals surface area contributed by atoms with Gasteiger partial charge in [0, 0.05) is 12.7 Å². The van der Waals surface area contributed by atoms with Crippen molar-refractivity contribution in [2.24, 2.45) is 5.84 Å². The third kappa shape index (κ3) is 3.62. The zero-order valence-electron chi connectivity index (χ0n) is 13.0.